The Kier molecular flexibility index (Phi) is 4.76. The minimum Gasteiger partial charge on any atom is -0.497 e. The van der Waals surface area contributed by atoms with Gasteiger partial charge in [0.05, 0.1) is 7.11 Å². The summed E-state index contributed by atoms with van der Waals surface area (Å²) in [6, 6.07) is 9.63. The molecule has 134 valence electrons. The van der Waals surface area contributed by atoms with Gasteiger partial charge in [-0.25, -0.2) is 9.67 Å². The quantitative estimate of drug-likeness (QED) is 0.701. The summed E-state index contributed by atoms with van der Waals surface area (Å²) in [6.07, 6.45) is 1.59. The molecular weight excluding hydrogens is 330 g/mol. The molecule has 0 saturated heterocycles. The van der Waals surface area contributed by atoms with Crippen LogP contribution in [0.4, 0.5) is 0 Å². The maximum absolute atomic E-state index is 9.08. The molecule has 0 saturated carbocycles. The average Bonchev–Trinajstić information content (AvgIpc) is 2.95. The fourth-order valence-electron chi connectivity index (χ4n) is 2.52. The topological polar surface area (TPSA) is 85.9 Å². The van der Waals surface area contributed by atoms with Crippen molar-refractivity contribution in [3.05, 3.63) is 41.9 Å². The third-order valence-corrected chi connectivity index (χ3v) is 3.71. The Labute approximate surface area is 152 Å². The monoisotopic (exact) mass is 351 g/mol. The lowest BCUT2D eigenvalue weighted by Gasteiger charge is -2.17. The van der Waals surface area contributed by atoms with Gasteiger partial charge >= 0.3 is 0 Å². The molecule has 2 heterocycles. The molecule has 26 heavy (non-hydrogen) atoms. The van der Waals surface area contributed by atoms with Gasteiger partial charge in [-0.05, 0) is 23.1 Å². The van der Waals surface area contributed by atoms with Gasteiger partial charge in [0.25, 0.3) is 0 Å². The number of aromatic nitrogens is 4. The minimum atomic E-state index is 0.00393. The zero-order valence-corrected chi connectivity index (χ0v) is 15.4. The summed E-state index contributed by atoms with van der Waals surface area (Å²) in [4.78, 5) is 8.36. The van der Waals surface area contributed by atoms with Crippen molar-refractivity contribution >= 4 is 11.0 Å². The smallest absolute Gasteiger partial charge is 0.244 e. The van der Waals surface area contributed by atoms with E-state index in [0.717, 1.165) is 11.3 Å². The predicted octanol–water partition coefficient (Wildman–Crippen LogP) is 3.33. The zero-order chi connectivity index (χ0) is 18.7. The molecule has 0 fully saturated rings. The number of hydrogen-bond acceptors (Lipinski definition) is 6. The van der Waals surface area contributed by atoms with E-state index in [2.05, 4.69) is 35.8 Å². The molecule has 0 aliphatic heterocycles. The lowest BCUT2D eigenvalue weighted by Crippen LogP contribution is -2.17. The largest absolute Gasteiger partial charge is 0.497 e. The Morgan fingerprint density at radius 1 is 1.19 bits per heavy atom. The van der Waals surface area contributed by atoms with Gasteiger partial charge in [0, 0.05) is 12.7 Å². The van der Waals surface area contributed by atoms with Gasteiger partial charge in [-0.3, -0.25) is 0 Å². The SMILES string of the molecule is COc1ccc(COc2nn(CC(C)(C)C)c3nc(C#N)ncc23)cc1. The van der Waals surface area contributed by atoms with Crippen LogP contribution in [0.2, 0.25) is 0 Å². The van der Waals surface area contributed by atoms with E-state index in [1.165, 1.54) is 0 Å². The summed E-state index contributed by atoms with van der Waals surface area (Å²) in [5.41, 5.74) is 1.61. The minimum absolute atomic E-state index is 0.00393. The third kappa shape index (κ3) is 3.91. The highest BCUT2D eigenvalue weighted by molar-refractivity contribution is 5.80. The van der Waals surface area contributed by atoms with E-state index in [1.54, 1.807) is 18.0 Å². The van der Waals surface area contributed by atoms with Crippen molar-refractivity contribution in [2.45, 2.75) is 33.9 Å². The predicted molar refractivity (Wildman–Crippen MR) is 96.8 cm³/mol. The fraction of sp³-hybridized carbons (Fsp3) is 0.368. The van der Waals surface area contributed by atoms with Crippen molar-refractivity contribution < 1.29 is 9.47 Å². The van der Waals surface area contributed by atoms with Crippen molar-refractivity contribution in [2.75, 3.05) is 7.11 Å². The number of benzene rings is 1. The van der Waals surface area contributed by atoms with Crippen molar-refractivity contribution in [1.82, 2.24) is 19.7 Å². The van der Waals surface area contributed by atoms with Crippen LogP contribution in [0.15, 0.2) is 30.5 Å². The normalized spacial score (nSPS) is 11.3. The Morgan fingerprint density at radius 3 is 2.54 bits per heavy atom. The lowest BCUT2D eigenvalue weighted by molar-refractivity contribution is 0.281. The van der Waals surface area contributed by atoms with Gasteiger partial charge in [0.2, 0.25) is 11.7 Å². The first-order valence-electron chi connectivity index (χ1n) is 8.29. The van der Waals surface area contributed by atoms with Crippen LogP contribution < -0.4 is 9.47 Å². The van der Waals surface area contributed by atoms with E-state index >= 15 is 0 Å². The molecule has 2 aromatic heterocycles. The first-order valence-corrected chi connectivity index (χ1v) is 8.29. The molecule has 0 bridgehead atoms. The number of hydrogen-bond donors (Lipinski definition) is 0. The van der Waals surface area contributed by atoms with Gasteiger partial charge in [-0.2, -0.15) is 10.2 Å². The zero-order valence-electron chi connectivity index (χ0n) is 15.4. The molecule has 0 atom stereocenters. The Hall–Kier alpha value is -3.14. The number of nitrogens with zero attached hydrogens (tertiary/aromatic N) is 5. The molecule has 0 unspecified atom stereocenters. The van der Waals surface area contributed by atoms with E-state index in [-0.39, 0.29) is 11.2 Å². The molecule has 1 aromatic carbocycles. The van der Waals surface area contributed by atoms with E-state index in [0.29, 0.717) is 30.1 Å². The molecule has 0 aliphatic rings. The highest BCUT2D eigenvalue weighted by Gasteiger charge is 2.19. The Morgan fingerprint density at radius 2 is 1.92 bits per heavy atom. The molecule has 0 spiro atoms. The summed E-state index contributed by atoms with van der Waals surface area (Å²) in [6.45, 7) is 7.36. The molecule has 0 aliphatic carbocycles. The summed E-state index contributed by atoms with van der Waals surface area (Å²) >= 11 is 0. The van der Waals surface area contributed by atoms with Crippen molar-refractivity contribution in [3.63, 3.8) is 0 Å². The number of fused-ring (bicyclic) bond motifs is 1. The van der Waals surface area contributed by atoms with E-state index < -0.39 is 0 Å². The second-order valence-corrected chi connectivity index (χ2v) is 7.20. The highest BCUT2D eigenvalue weighted by Crippen LogP contribution is 2.27. The van der Waals surface area contributed by atoms with E-state index in [1.807, 2.05) is 30.3 Å². The number of nitriles is 1. The van der Waals surface area contributed by atoms with E-state index in [9.17, 15) is 0 Å². The molecular formula is C19H21N5O2. The van der Waals surface area contributed by atoms with Gasteiger partial charge in [0.15, 0.2) is 5.65 Å². The molecule has 0 amide bonds. The van der Waals surface area contributed by atoms with Gasteiger partial charge in [0.1, 0.15) is 23.8 Å². The van der Waals surface area contributed by atoms with Crippen LogP contribution in [0.25, 0.3) is 11.0 Å². The van der Waals surface area contributed by atoms with Crippen molar-refractivity contribution in [3.8, 4) is 17.7 Å². The number of rotatable bonds is 5. The maximum atomic E-state index is 9.08. The van der Waals surface area contributed by atoms with Crippen LogP contribution >= 0.6 is 0 Å². The summed E-state index contributed by atoms with van der Waals surface area (Å²) in [5, 5.41) is 14.3. The molecule has 0 N–H and O–H groups in total. The molecule has 3 aromatic rings. The molecule has 7 nitrogen and oxygen atoms in total. The number of ether oxygens (including phenoxy) is 2. The third-order valence-electron chi connectivity index (χ3n) is 3.71. The van der Waals surface area contributed by atoms with Gasteiger partial charge in [-0.15, -0.1) is 5.10 Å². The van der Waals surface area contributed by atoms with Crippen LogP contribution in [0.3, 0.4) is 0 Å². The average molecular weight is 351 g/mol. The second kappa shape index (κ2) is 7.00. The summed E-state index contributed by atoms with van der Waals surface area (Å²) < 4.78 is 12.9. The highest BCUT2D eigenvalue weighted by atomic mass is 16.5. The molecule has 3 rings (SSSR count). The second-order valence-electron chi connectivity index (χ2n) is 7.20. The van der Waals surface area contributed by atoms with Crippen molar-refractivity contribution in [1.29, 1.82) is 5.26 Å². The van der Waals surface area contributed by atoms with Crippen molar-refractivity contribution in [2.24, 2.45) is 5.41 Å². The van der Waals surface area contributed by atoms with Crippen LogP contribution in [-0.2, 0) is 13.2 Å². The molecule has 0 radical (unpaired) electrons. The number of methoxy groups -OCH3 is 1. The van der Waals surface area contributed by atoms with E-state index in [4.69, 9.17) is 14.7 Å². The summed E-state index contributed by atoms with van der Waals surface area (Å²) in [5.74, 6) is 1.38. The van der Waals surface area contributed by atoms with Crippen LogP contribution in [0.1, 0.15) is 32.2 Å². The first kappa shape index (κ1) is 17.7. The summed E-state index contributed by atoms with van der Waals surface area (Å²) in [7, 11) is 1.63. The lowest BCUT2D eigenvalue weighted by atomic mass is 9.97. The maximum Gasteiger partial charge on any atom is 0.244 e. The van der Waals surface area contributed by atoms with Gasteiger partial charge in [-0.1, -0.05) is 32.9 Å². The first-order chi connectivity index (χ1) is 12.4. The van der Waals surface area contributed by atoms with Crippen LogP contribution in [-0.4, -0.2) is 26.9 Å². The fourth-order valence-corrected chi connectivity index (χ4v) is 2.52. The standard InChI is InChI=1S/C19H21N5O2/c1-19(2,3)12-24-17-15(10-21-16(9-20)22-17)18(23-24)26-11-13-5-7-14(25-4)8-6-13/h5-8,10H,11-12H2,1-4H3. The molecule has 7 heteroatoms. The Bertz CT molecular complexity index is 949. The Balaban J connectivity index is 1.90. The van der Waals surface area contributed by atoms with Crippen LogP contribution in [0, 0.1) is 16.7 Å². The van der Waals surface area contributed by atoms with Crippen LogP contribution in [0.5, 0.6) is 11.6 Å². The van der Waals surface area contributed by atoms with Gasteiger partial charge < -0.3 is 9.47 Å².